The van der Waals surface area contributed by atoms with E-state index in [-0.39, 0.29) is 24.9 Å². The van der Waals surface area contributed by atoms with Crippen LogP contribution in [0.2, 0.25) is 0 Å². The third kappa shape index (κ3) is 4.04. The molecule has 1 heterocycles. The summed E-state index contributed by atoms with van der Waals surface area (Å²) in [5.41, 5.74) is 0.523. The summed E-state index contributed by atoms with van der Waals surface area (Å²) in [7, 11) is 0. The number of aryl methyl sites for hydroxylation is 1. The molecule has 1 N–H and O–H groups in total. The third-order valence-corrected chi connectivity index (χ3v) is 4.12. The van der Waals surface area contributed by atoms with E-state index in [0.717, 1.165) is 17.9 Å². The molecule has 0 spiro atoms. The van der Waals surface area contributed by atoms with E-state index >= 15 is 0 Å². The van der Waals surface area contributed by atoms with E-state index in [1.54, 1.807) is 0 Å². The zero-order valence-corrected chi connectivity index (χ0v) is 13.3. The third-order valence-electron chi connectivity index (χ3n) is 4.12. The first-order valence-corrected chi connectivity index (χ1v) is 7.50. The normalized spacial score (nSPS) is 21.5. The van der Waals surface area contributed by atoms with Gasteiger partial charge in [-0.05, 0) is 43.5 Å². The van der Waals surface area contributed by atoms with Gasteiger partial charge in [-0.3, -0.25) is 9.59 Å². The van der Waals surface area contributed by atoms with Crippen LogP contribution in [-0.2, 0) is 4.79 Å². The number of alkyl halides is 3. The van der Waals surface area contributed by atoms with Crippen molar-refractivity contribution in [1.29, 1.82) is 0 Å². The monoisotopic (exact) mass is 346 g/mol. The van der Waals surface area contributed by atoms with Gasteiger partial charge in [0, 0.05) is 25.1 Å². The van der Waals surface area contributed by atoms with Gasteiger partial charge in [-0.2, -0.15) is 13.2 Å². The van der Waals surface area contributed by atoms with Crippen LogP contribution in [0, 0.1) is 12.7 Å². The highest BCUT2D eigenvalue weighted by molar-refractivity contribution is 5.94. The zero-order valence-electron chi connectivity index (χ0n) is 13.3. The minimum absolute atomic E-state index is 0.111. The van der Waals surface area contributed by atoms with Crippen LogP contribution >= 0.6 is 0 Å². The van der Waals surface area contributed by atoms with Crippen molar-refractivity contribution >= 4 is 11.8 Å². The van der Waals surface area contributed by atoms with Gasteiger partial charge in [0.2, 0.25) is 5.91 Å². The second kappa shape index (κ2) is 6.78. The molecule has 0 aromatic heterocycles. The summed E-state index contributed by atoms with van der Waals surface area (Å²) in [6, 6.07) is 1.44. The van der Waals surface area contributed by atoms with Crippen molar-refractivity contribution in [2.24, 2.45) is 0 Å². The lowest BCUT2D eigenvalue weighted by Crippen LogP contribution is -2.57. The number of piperidine rings is 1. The van der Waals surface area contributed by atoms with Crippen molar-refractivity contribution in [1.82, 2.24) is 10.2 Å². The lowest BCUT2D eigenvalue weighted by molar-refractivity contribution is -0.196. The van der Waals surface area contributed by atoms with E-state index in [2.05, 4.69) is 5.32 Å². The summed E-state index contributed by atoms with van der Waals surface area (Å²) in [6.45, 7) is 2.38. The van der Waals surface area contributed by atoms with Gasteiger partial charge in [0.25, 0.3) is 5.91 Å². The predicted octanol–water partition coefficient (Wildman–Crippen LogP) is 2.81. The highest BCUT2D eigenvalue weighted by atomic mass is 19.4. The molecule has 132 valence electrons. The number of carbonyl (C=O) groups is 2. The number of benzene rings is 1. The minimum atomic E-state index is -4.49. The standard InChI is InChI=1S/C16H18F4N2O2/c1-9-7-11(3-5-13(9)17)15(24)21-12-4-6-14(16(18,19)20)22(8-12)10(2)23/h3,5,7,12,14H,4,6,8H2,1-2H3,(H,21,24)/t12-,14+/m0/s1. The van der Waals surface area contributed by atoms with Crippen LogP contribution in [-0.4, -0.2) is 41.5 Å². The highest BCUT2D eigenvalue weighted by Crippen LogP contribution is 2.32. The Kier molecular flexibility index (Phi) is 5.15. The first kappa shape index (κ1) is 18.2. The number of amides is 2. The number of rotatable bonds is 2. The molecule has 0 bridgehead atoms. The maximum Gasteiger partial charge on any atom is 0.408 e. The Morgan fingerprint density at radius 3 is 2.46 bits per heavy atom. The topological polar surface area (TPSA) is 49.4 Å². The summed E-state index contributed by atoms with van der Waals surface area (Å²) in [6.07, 6.45) is -4.65. The SMILES string of the molecule is CC(=O)N1C[C@@H](NC(=O)c2ccc(F)c(C)c2)CC[C@@H]1C(F)(F)F. The lowest BCUT2D eigenvalue weighted by atomic mass is 9.97. The fourth-order valence-electron chi connectivity index (χ4n) is 2.83. The van der Waals surface area contributed by atoms with Gasteiger partial charge in [-0.1, -0.05) is 0 Å². The van der Waals surface area contributed by atoms with Gasteiger partial charge in [-0.25, -0.2) is 4.39 Å². The average molecular weight is 346 g/mol. The van der Waals surface area contributed by atoms with Crippen molar-refractivity contribution in [3.05, 3.63) is 35.1 Å². The summed E-state index contributed by atoms with van der Waals surface area (Å²) in [5.74, 6) is -1.63. The second-order valence-corrected chi connectivity index (χ2v) is 5.94. The molecule has 24 heavy (non-hydrogen) atoms. The van der Waals surface area contributed by atoms with Crippen LogP contribution in [0.5, 0.6) is 0 Å². The number of hydrogen-bond donors (Lipinski definition) is 1. The van der Waals surface area contributed by atoms with E-state index in [1.165, 1.54) is 19.1 Å². The number of carbonyl (C=O) groups excluding carboxylic acids is 2. The predicted molar refractivity (Wildman–Crippen MR) is 78.9 cm³/mol. The van der Waals surface area contributed by atoms with Crippen LogP contribution in [0.3, 0.4) is 0 Å². The van der Waals surface area contributed by atoms with E-state index in [9.17, 15) is 27.2 Å². The van der Waals surface area contributed by atoms with Crippen molar-refractivity contribution < 1.29 is 27.2 Å². The maximum absolute atomic E-state index is 13.2. The molecular formula is C16H18F4N2O2. The molecule has 2 amide bonds. The van der Waals surface area contributed by atoms with Crippen molar-refractivity contribution in [2.75, 3.05) is 6.54 Å². The number of nitrogens with zero attached hydrogens (tertiary/aromatic N) is 1. The zero-order chi connectivity index (χ0) is 18.1. The smallest absolute Gasteiger partial charge is 0.348 e. The number of hydrogen-bond acceptors (Lipinski definition) is 2. The summed E-state index contributed by atoms with van der Waals surface area (Å²) < 4.78 is 52.1. The molecule has 1 aliphatic rings. The molecule has 0 unspecified atom stereocenters. The summed E-state index contributed by atoms with van der Waals surface area (Å²) in [5, 5.41) is 2.62. The molecule has 2 rings (SSSR count). The molecule has 0 radical (unpaired) electrons. The molecule has 1 fully saturated rings. The molecular weight excluding hydrogens is 328 g/mol. The molecule has 1 aromatic carbocycles. The van der Waals surface area contributed by atoms with Gasteiger partial charge < -0.3 is 10.2 Å². The molecule has 0 aliphatic carbocycles. The van der Waals surface area contributed by atoms with Crippen LogP contribution < -0.4 is 5.32 Å². The van der Waals surface area contributed by atoms with E-state index < -0.39 is 35.9 Å². The number of nitrogens with one attached hydrogen (secondary N) is 1. The molecule has 0 saturated carbocycles. The van der Waals surface area contributed by atoms with Gasteiger partial charge >= 0.3 is 6.18 Å². The molecule has 1 saturated heterocycles. The Labute approximate surface area is 136 Å². The Bertz CT molecular complexity index is 645. The van der Waals surface area contributed by atoms with Gasteiger partial charge in [0.05, 0.1) is 0 Å². The fraction of sp³-hybridized carbons (Fsp3) is 0.500. The quantitative estimate of drug-likeness (QED) is 0.837. The largest absolute Gasteiger partial charge is 0.408 e. The van der Waals surface area contributed by atoms with Crippen LogP contribution in [0.25, 0.3) is 0 Å². The molecule has 2 atom stereocenters. The van der Waals surface area contributed by atoms with Crippen LogP contribution in [0.1, 0.15) is 35.7 Å². The van der Waals surface area contributed by atoms with Gasteiger partial charge in [0.1, 0.15) is 11.9 Å². The van der Waals surface area contributed by atoms with Gasteiger partial charge in [0.15, 0.2) is 0 Å². The van der Waals surface area contributed by atoms with Crippen LogP contribution in [0.4, 0.5) is 17.6 Å². The fourth-order valence-corrected chi connectivity index (χ4v) is 2.83. The first-order chi connectivity index (χ1) is 11.1. The van der Waals surface area contributed by atoms with Crippen molar-refractivity contribution in [3.8, 4) is 0 Å². The lowest BCUT2D eigenvalue weighted by Gasteiger charge is -2.40. The first-order valence-electron chi connectivity index (χ1n) is 7.50. The van der Waals surface area contributed by atoms with E-state index in [0.29, 0.717) is 5.56 Å². The summed E-state index contributed by atoms with van der Waals surface area (Å²) in [4.78, 5) is 24.4. The molecule has 4 nitrogen and oxygen atoms in total. The van der Waals surface area contributed by atoms with Crippen molar-refractivity contribution in [3.63, 3.8) is 0 Å². The minimum Gasteiger partial charge on any atom is -0.348 e. The Hall–Kier alpha value is -2.12. The van der Waals surface area contributed by atoms with Gasteiger partial charge in [-0.15, -0.1) is 0 Å². The average Bonchev–Trinajstić information content (AvgIpc) is 2.48. The molecule has 1 aliphatic heterocycles. The van der Waals surface area contributed by atoms with E-state index in [1.807, 2.05) is 0 Å². The van der Waals surface area contributed by atoms with E-state index in [4.69, 9.17) is 0 Å². The molecule has 8 heteroatoms. The Morgan fingerprint density at radius 1 is 1.25 bits per heavy atom. The van der Waals surface area contributed by atoms with Crippen LogP contribution in [0.15, 0.2) is 18.2 Å². The number of halogens is 4. The number of likely N-dealkylation sites (tertiary alicyclic amines) is 1. The highest BCUT2D eigenvalue weighted by Gasteiger charge is 2.47. The van der Waals surface area contributed by atoms with Crippen molar-refractivity contribution in [2.45, 2.75) is 44.9 Å². The second-order valence-electron chi connectivity index (χ2n) is 5.94. The summed E-state index contributed by atoms with van der Waals surface area (Å²) >= 11 is 0. The Balaban J connectivity index is 2.07. The molecule has 1 aromatic rings. The maximum atomic E-state index is 13.2. The Morgan fingerprint density at radius 2 is 1.92 bits per heavy atom.